The SMILES string of the molecule is CCC(N)C(Oc1cc(C)cc(C)c1C)c1ccc(Br)s1. The monoisotopic (exact) mass is 367 g/mol. The summed E-state index contributed by atoms with van der Waals surface area (Å²) in [6, 6.07) is 8.40. The fourth-order valence-electron chi connectivity index (χ4n) is 2.31. The van der Waals surface area contributed by atoms with E-state index in [4.69, 9.17) is 10.5 Å². The first kappa shape index (κ1) is 16.5. The van der Waals surface area contributed by atoms with Gasteiger partial charge in [0.1, 0.15) is 11.9 Å². The van der Waals surface area contributed by atoms with Crippen molar-refractivity contribution in [3.63, 3.8) is 0 Å². The van der Waals surface area contributed by atoms with Gasteiger partial charge in [-0.15, -0.1) is 11.3 Å². The normalized spacial score (nSPS) is 14.0. The lowest BCUT2D eigenvalue weighted by Gasteiger charge is -2.25. The van der Waals surface area contributed by atoms with Gasteiger partial charge in [-0.2, -0.15) is 0 Å². The van der Waals surface area contributed by atoms with Crippen molar-refractivity contribution in [2.75, 3.05) is 0 Å². The highest BCUT2D eigenvalue weighted by atomic mass is 79.9. The van der Waals surface area contributed by atoms with Crippen LogP contribution in [0.15, 0.2) is 28.1 Å². The topological polar surface area (TPSA) is 35.2 Å². The molecule has 0 bridgehead atoms. The van der Waals surface area contributed by atoms with Crippen LogP contribution in [-0.2, 0) is 0 Å². The molecule has 0 spiro atoms. The summed E-state index contributed by atoms with van der Waals surface area (Å²) in [4.78, 5) is 1.16. The highest BCUT2D eigenvalue weighted by molar-refractivity contribution is 9.11. The van der Waals surface area contributed by atoms with Crippen LogP contribution in [-0.4, -0.2) is 6.04 Å². The van der Waals surface area contributed by atoms with Gasteiger partial charge in [-0.05, 0) is 78.0 Å². The average molecular weight is 368 g/mol. The zero-order chi connectivity index (χ0) is 15.6. The quantitative estimate of drug-likeness (QED) is 0.778. The average Bonchev–Trinajstić information content (AvgIpc) is 2.86. The first-order chi connectivity index (χ1) is 9.92. The number of hydrogen-bond donors (Lipinski definition) is 1. The van der Waals surface area contributed by atoms with Crippen molar-refractivity contribution in [2.24, 2.45) is 5.73 Å². The van der Waals surface area contributed by atoms with E-state index in [2.05, 4.69) is 61.8 Å². The van der Waals surface area contributed by atoms with Gasteiger partial charge in [0.2, 0.25) is 0 Å². The van der Waals surface area contributed by atoms with Gasteiger partial charge >= 0.3 is 0 Å². The number of hydrogen-bond acceptors (Lipinski definition) is 3. The lowest BCUT2D eigenvalue weighted by molar-refractivity contribution is 0.173. The molecule has 0 saturated carbocycles. The number of thiophene rings is 1. The molecule has 2 aromatic rings. The van der Waals surface area contributed by atoms with Crippen LogP contribution < -0.4 is 10.5 Å². The highest BCUT2D eigenvalue weighted by Crippen LogP contribution is 2.34. The van der Waals surface area contributed by atoms with Gasteiger partial charge in [0.25, 0.3) is 0 Å². The summed E-state index contributed by atoms with van der Waals surface area (Å²) < 4.78 is 7.43. The van der Waals surface area contributed by atoms with Crippen molar-refractivity contribution in [2.45, 2.75) is 46.3 Å². The molecule has 21 heavy (non-hydrogen) atoms. The van der Waals surface area contributed by atoms with E-state index in [9.17, 15) is 0 Å². The van der Waals surface area contributed by atoms with Crippen LogP contribution in [0.5, 0.6) is 5.75 Å². The number of aryl methyl sites for hydroxylation is 2. The zero-order valence-electron chi connectivity index (χ0n) is 12.9. The van der Waals surface area contributed by atoms with Gasteiger partial charge in [0.15, 0.2) is 0 Å². The number of ether oxygens (including phenoxy) is 1. The Kier molecular flexibility index (Phi) is 5.47. The summed E-state index contributed by atoms with van der Waals surface area (Å²) in [5.74, 6) is 0.936. The molecule has 1 aromatic heterocycles. The van der Waals surface area contributed by atoms with Crippen molar-refractivity contribution in [3.8, 4) is 5.75 Å². The van der Waals surface area contributed by atoms with Crippen LogP contribution in [0.4, 0.5) is 0 Å². The third-order valence-corrected chi connectivity index (χ3v) is 5.44. The molecule has 2 unspecified atom stereocenters. The minimum absolute atomic E-state index is 0.0178. The molecule has 0 aliphatic carbocycles. The van der Waals surface area contributed by atoms with Crippen LogP contribution in [0.1, 0.15) is 41.0 Å². The van der Waals surface area contributed by atoms with Crippen molar-refractivity contribution in [3.05, 3.63) is 49.6 Å². The van der Waals surface area contributed by atoms with E-state index < -0.39 is 0 Å². The predicted molar refractivity (Wildman–Crippen MR) is 94.3 cm³/mol. The molecule has 2 nitrogen and oxygen atoms in total. The molecular weight excluding hydrogens is 346 g/mol. The second-order valence-corrected chi connectivity index (χ2v) is 7.95. The Bertz CT molecular complexity index is 623. The first-order valence-electron chi connectivity index (χ1n) is 7.17. The summed E-state index contributed by atoms with van der Waals surface area (Å²) in [5.41, 5.74) is 9.95. The van der Waals surface area contributed by atoms with E-state index in [1.807, 2.05) is 6.07 Å². The maximum Gasteiger partial charge on any atom is 0.148 e. The molecule has 1 heterocycles. The Balaban J connectivity index is 2.36. The molecule has 2 rings (SSSR count). The summed E-state index contributed by atoms with van der Waals surface area (Å²) >= 11 is 5.20. The van der Waals surface area contributed by atoms with E-state index >= 15 is 0 Å². The Morgan fingerprint density at radius 3 is 2.52 bits per heavy atom. The largest absolute Gasteiger partial charge is 0.483 e. The fourth-order valence-corrected chi connectivity index (χ4v) is 3.84. The lowest BCUT2D eigenvalue weighted by atomic mass is 10.0. The summed E-state index contributed by atoms with van der Waals surface area (Å²) in [6.07, 6.45) is 0.774. The zero-order valence-corrected chi connectivity index (χ0v) is 15.3. The third-order valence-electron chi connectivity index (χ3n) is 3.75. The maximum absolute atomic E-state index is 6.32. The molecule has 2 N–H and O–H groups in total. The fraction of sp³-hybridized carbons (Fsp3) is 0.412. The molecule has 2 atom stereocenters. The van der Waals surface area contributed by atoms with E-state index in [0.29, 0.717) is 0 Å². The van der Waals surface area contributed by atoms with Crippen molar-refractivity contribution >= 4 is 27.3 Å². The van der Waals surface area contributed by atoms with E-state index in [0.717, 1.165) is 20.8 Å². The number of benzene rings is 1. The van der Waals surface area contributed by atoms with Crippen LogP contribution in [0.25, 0.3) is 0 Å². The van der Waals surface area contributed by atoms with Crippen LogP contribution in [0, 0.1) is 20.8 Å². The Hall–Kier alpha value is -0.840. The Morgan fingerprint density at radius 1 is 1.24 bits per heavy atom. The summed E-state index contributed by atoms with van der Waals surface area (Å²) in [5, 5.41) is 0. The minimum Gasteiger partial charge on any atom is -0.483 e. The summed E-state index contributed by atoms with van der Waals surface area (Å²) in [7, 11) is 0. The smallest absolute Gasteiger partial charge is 0.148 e. The van der Waals surface area contributed by atoms with E-state index in [1.54, 1.807) is 11.3 Å². The molecule has 0 radical (unpaired) electrons. The van der Waals surface area contributed by atoms with Gasteiger partial charge in [-0.3, -0.25) is 0 Å². The van der Waals surface area contributed by atoms with Crippen molar-refractivity contribution in [1.29, 1.82) is 0 Å². The van der Waals surface area contributed by atoms with Gasteiger partial charge in [-0.25, -0.2) is 0 Å². The minimum atomic E-state index is -0.105. The molecule has 0 aliphatic heterocycles. The van der Waals surface area contributed by atoms with Crippen molar-refractivity contribution < 1.29 is 4.74 Å². The van der Waals surface area contributed by atoms with Gasteiger partial charge < -0.3 is 10.5 Å². The predicted octanol–water partition coefficient (Wildman–Crippen LogP) is 5.29. The molecule has 0 fully saturated rings. The van der Waals surface area contributed by atoms with Crippen molar-refractivity contribution in [1.82, 2.24) is 0 Å². The van der Waals surface area contributed by atoms with Gasteiger partial charge in [0, 0.05) is 10.9 Å². The molecular formula is C17H22BrNOS. The second-order valence-electron chi connectivity index (χ2n) is 5.46. The second kappa shape index (κ2) is 6.95. The standard InChI is InChI=1S/C17H22BrNOS/c1-5-13(19)17(15-6-7-16(18)21-15)20-14-9-10(2)8-11(3)12(14)4/h6-9,13,17H,5,19H2,1-4H3. The molecule has 0 aliphatic rings. The summed E-state index contributed by atoms with van der Waals surface area (Å²) in [6.45, 7) is 8.41. The molecule has 4 heteroatoms. The van der Waals surface area contributed by atoms with E-state index in [1.165, 1.54) is 16.7 Å². The Labute approximate surface area is 139 Å². The van der Waals surface area contributed by atoms with Crippen LogP contribution in [0.2, 0.25) is 0 Å². The Morgan fingerprint density at radius 2 is 1.95 bits per heavy atom. The molecule has 0 saturated heterocycles. The number of rotatable bonds is 5. The molecule has 0 amide bonds. The number of halogens is 1. The highest BCUT2D eigenvalue weighted by Gasteiger charge is 2.23. The van der Waals surface area contributed by atoms with Gasteiger partial charge in [0.05, 0.1) is 3.79 Å². The molecule has 114 valence electrons. The third kappa shape index (κ3) is 3.87. The lowest BCUT2D eigenvalue weighted by Crippen LogP contribution is -2.31. The van der Waals surface area contributed by atoms with E-state index in [-0.39, 0.29) is 12.1 Å². The maximum atomic E-state index is 6.32. The van der Waals surface area contributed by atoms with Gasteiger partial charge in [-0.1, -0.05) is 13.0 Å². The molecule has 1 aromatic carbocycles. The van der Waals surface area contributed by atoms with Crippen LogP contribution >= 0.6 is 27.3 Å². The van der Waals surface area contributed by atoms with Crippen LogP contribution in [0.3, 0.4) is 0 Å². The first-order valence-corrected chi connectivity index (χ1v) is 8.78. The number of nitrogens with two attached hydrogens (primary N) is 1.